The second-order valence-electron chi connectivity index (χ2n) is 11.6. The Morgan fingerprint density at radius 1 is 1.05 bits per heavy atom. The summed E-state index contributed by atoms with van der Waals surface area (Å²) in [6.45, 7) is 9.57. The first-order valence-corrected chi connectivity index (χ1v) is 15.2. The lowest BCUT2D eigenvalue weighted by atomic mass is 10.0. The minimum Gasteiger partial charge on any atom is -0.462 e. The molecule has 3 aliphatic rings. The maximum atomic E-state index is 12.7. The van der Waals surface area contributed by atoms with Crippen molar-refractivity contribution in [2.75, 3.05) is 69.9 Å². The zero-order valence-electron chi connectivity index (χ0n) is 24.9. The van der Waals surface area contributed by atoms with Gasteiger partial charge in [-0.1, -0.05) is 43.0 Å². The molecule has 0 radical (unpaired) electrons. The van der Waals surface area contributed by atoms with Crippen LogP contribution in [0.5, 0.6) is 6.01 Å². The lowest BCUT2D eigenvalue weighted by Crippen LogP contribution is -2.55. The Labute approximate surface area is 248 Å². The van der Waals surface area contributed by atoms with Crippen molar-refractivity contribution in [2.24, 2.45) is 0 Å². The van der Waals surface area contributed by atoms with Crippen LogP contribution in [0.15, 0.2) is 55.1 Å². The van der Waals surface area contributed by atoms with Crippen LogP contribution in [0, 0.1) is 0 Å². The Morgan fingerprint density at radius 3 is 2.71 bits per heavy atom. The van der Waals surface area contributed by atoms with E-state index in [9.17, 15) is 4.79 Å². The smallest absolute Gasteiger partial charge is 0.318 e. The summed E-state index contributed by atoms with van der Waals surface area (Å²) in [7, 11) is 3.86. The highest BCUT2D eigenvalue weighted by Crippen LogP contribution is 2.35. The topological polar surface area (TPSA) is 74.3 Å². The number of hydrogen-bond acceptors (Lipinski definition) is 8. The number of rotatable bonds is 9. The molecule has 2 aromatic carbocycles. The molecule has 222 valence electrons. The molecule has 1 aromatic heterocycles. The summed E-state index contributed by atoms with van der Waals surface area (Å²) in [5.41, 5.74) is 3.43. The number of piperazine rings is 1. The van der Waals surface area contributed by atoms with Crippen LogP contribution in [0.1, 0.15) is 30.5 Å². The van der Waals surface area contributed by atoms with E-state index in [1.165, 1.54) is 34.5 Å². The fourth-order valence-electron chi connectivity index (χ4n) is 6.72. The van der Waals surface area contributed by atoms with Crippen molar-refractivity contribution >= 4 is 28.2 Å². The van der Waals surface area contributed by atoms with E-state index in [2.05, 4.69) is 70.8 Å². The summed E-state index contributed by atoms with van der Waals surface area (Å²) < 4.78 is 11.7. The van der Waals surface area contributed by atoms with E-state index in [0.29, 0.717) is 51.4 Å². The number of aromatic nitrogens is 2. The van der Waals surface area contributed by atoms with Gasteiger partial charge >= 0.3 is 6.01 Å². The second kappa shape index (κ2) is 12.7. The Hall–Kier alpha value is -3.69. The van der Waals surface area contributed by atoms with Crippen LogP contribution in [0.4, 0.5) is 11.5 Å². The van der Waals surface area contributed by atoms with E-state index in [0.717, 1.165) is 43.9 Å². The first-order valence-electron chi connectivity index (χ1n) is 15.2. The Kier molecular flexibility index (Phi) is 8.58. The molecule has 0 aliphatic carbocycles. The highest BCUT2D eigenvalue weighted by Gasteiger charge is 2.33. The van der Waals surface area contributed by atoms with Gasteiger partial charge in [0.25, 0.3) is 0 Å². The van der Waals surface area contributed by atoms with Gasteiger partial charge in [0.15, 0.2) is 0 Å². The number of nitrogens with zero attached hydrogens (tertiary/aromatic N) is 6. The molecule has 0 N–H and O–H groups in total. The molecule has 0 spiro atoms. The molecule has 2 fully saturated rings. The predicted octanol–water partition coefficient (Wildman–Crippen LogP) is 3.91. The zero-order valence-corrected chi connectivity index (χ0v) is 24.9. The SMILES string of the molecule is C=CC(=O)N1CCN(c2nc(OCC3CCCN3C)nc3c2CCN(c2cccc4ccccc24)C3)CC1CCOC. The third-order valence-corrected chi connectivity index (χ3v) is 9.10. The average molecular weight is 571 g/mol. The van der Waals surface area contributed by atoms with Gasteiger partial charge in [-0.3, -0.25) is 4.79 Å². The van der Waals surface area contributed by atoms with Crippen LogP contribution in [-0.4, -0.2) is 97.9 Å². The van der Waals surface area contributed by atoms with Gasteiger partial charge in [0.1, 0.15) is 12.4 Å². The number of carbonyl (C=O) groups is 1. The number of fused-ring (bicyclic) bond motifs is 2. The Morgan fingerprint density at radius 2 is 1.90 bits per heavy atom. The number of likely N-dealkylation sites (tertiary alicyclic amines) is 1. The molecule has 1 amide bonds. The predicted molar refractivity (Wildman–Crippen MR) is 166 cm³/mol. The van der Waals surface area contributed by atoms with Gasteiger partial charge in [-0.05, 0) is 56.8 Å². The van der Waals surface area contributed by atoms with Crippen molar-refractivity contribution in [2.45, 2.75) is 44.3 Å². The van der Waals surface area contributed by atoms with E-state index in [1.807, 2.05) is 4.90 Å². The lowest BCUT2D eigenvalue weighted by molar-refractivity contribution is -0.129. The van der Waals surface area contributed by atoms with Crippen molar-refractivity contribution in [3.63, 3.8) is 0 Å². The molecule has 42 heavy (non-hydrogen) atoms. The minimum atomic E-state index is -0.0316. The summed E-state index contributed by atoms with van der Waals surface area (Å²) in [6, 6.07) is 15.9. The standard InChI is InChI=1S/C33H42N6O3/c1-4-31(40)39-19-18-38(21-25(39)15-20-41-3)32-28-14-17-37(30-13-7-10-24-9-5-6-12-27(24)30)22-29(28)34-33(35-32)42-23-26-11-8-16-36(26)2/h4-7,9-10,12-13,25-26H,1,8,11,14-23H2,2-3H3. The number of ether oxygens (including phenoxy) is 2. The molecule has 2 unspecified atom stereocenters. The summed E-state index contributed by atoms with van der Waals surface area (Å²) >= 11 is 0. The molecule has 4 heterocycles. The maximum absolute atomic E-state index is 12.7. The zero-order chi connectivity index (χ0) is 29.1. The molecule has 9 nitrogen and oxygen atoms in total. The quantitative estimate of drug-likeness (QED) is 0.359. The largest absolute Gasteiger partial charge is 0.462 e. The van der Waals surface area contributed by atoms with Crippen LogP contribution in [0.25, 0.3) is 10.8 Å². The van der Waals surface area contributed by atoms with Gasteiger partial charge in [0, 0.05) is 62.6 Å². The molecule has 9 heteroatoms. The molecule has 0 bridgehead atoms. The summed E-state index contributed by atoms with van der Waals surface area (Å²) in [5.74, 6) is 0.913. The summed E-state index contributed by atoms with van der Waals surface area (Å²) in [5, 5.41) is 2.49. The van der Waals surface area contributed by atoms with Crippen molar-refractivity contribution < 1.29 is 14.3 Å². The number of benzene rings is 2. The van der Waals surface area contributed by atoms with Gasteiger partial charge in [-0.25, -0.2) is 0 Å². The van der Waals surface area contributed by atoms with Crippen LogP contribution in [0.2, 0.25) is 0 Å². The maximum Gasteiger partial charge on any atom is 0.318 e. The van der Waals surface area contributed by atoms with Gasteiger partial charge in [-0.2, -0.15) is 9.97 Å². The van der Waals surface area contributed by atoms with Gasteiger partial charge in [0.2, 0.25) is 5.91 Å². The Bertz CT molecular complexity index is 1420. The number of likely N-dealkylation sites (N-methyl/N-ethyl adjacent to an activating group) is 1. The number of amides is 1. The van der Waals surface area contributed by atoms with E-state index in [-0.39, 0.29) is 11.9 Å². The molecular weight excluding hydrogens is 528 g/mol. The fraction of sp³-hybridized carbons (Fsp3) is 0.485. The van der Waals surface area contributed by atoms with Crippen LogP contribution in [-0.2, 0) is 22.5 Å². The van der Waals surface area contributed by atoms with Crippen LogP contribution >= 0.6 is 0 Å². The number of hydrogen-bond donors (Lipinski definition) is 0. The van der Waals surface area contributed by atoms with E-state index in [1.54, 1.807) is 7.11 Å². The van der Waals surface area contributed by atoms with Crippen molar-refractivity contribution in [1.29, 1.82) is 0 Å². The van der Waals surface area contributed by atoms with Crippen LogP contribution < -0.4 is 14.5 Å². The normalized spacial score (nSPS) is 21.0. The third-order valence-electron chi connectivity index (χ3n) is 9.10. The van der Waals surface area contributed by atoms with Crippen molar-refractivity contribution in [3.05, 3.63) is 66.4 Å². The monoisotopic (exact) mass is 570 g/mol. The average Bonchev–Trinajstić information content (AvgIpc) is 3.45. The van der Waals surface area contributed by atoms with Gasteiger partial charge < -0.3 is 29.1 Å². The van der Waals surface area contributed by atoms with E-state index in [4.69, 9.17) is 19.4 Å². The highest BCUT2D eigenvalue weighted by atomic mass is 16.5. The highest BCUT2D eigenvalue weighted by molar-refractivity contribution is 5.94. The fourth-order valence-corrected chi connectivity index (χ4v) is 6.72. The van der Waals surface area contributed by atoms with Crippen molar-refractivity contribution in [1.82, 2.24) is 19.8 Å². The van der Waals surface area contributed by atoms with E-state index >= 15 is 0 Å². The Balaban J connectivity index is 1.32. The number of anilines is 2. The molecule has 2 saturated heterocycles. The number of methoxy groups -OCH3 is 1. The molecule has 0 saturated carbocycles. The molecule has 3 aromatic rings. The van der Waals surface area contributed by atoms with Gasteiger partial charge in [0.05, 0.1) is 18.3 Å². The van der Waals surface area contributed by atoms with E-state index < -0.39 is 0 Å². The van der Waals surface area contributed by atoms with Crippen molar-refractivity contribution in [3.8, 4) is 6.01 Å². The van der Waals surface area contributed by atoms with Crippen LogP contribution in [0.3, 0.4) is 0 Å². The second-order valence-corrected chi connectivity index (χ2v) is 11.6. The lowest BCUT2D eigenvalue weighted by Gasteiger charge is -2.43. The molecule has 3 aliphatic heterocycles. The summed E-state index contributed by atoms with van der Waals surface area (Å²) in [6.07, 6.45) is 5.33. The van der Waals surface area contributed by atoms with Gasteiger partial charge in [-0.15, -0.1) is 0 Å². The third kappa shape index (κ3) is 5.80. The first-order chi connectivity index (χ1) is 20.6. The summed E-state index contributed by atoms with van der Waals surface area (Å²) in [4.78, 5) is 31.8. The first kappa shape index (κ1) is 28.4. The molecule has 6 rings (SSSR count). The minimum absolute atomic E-state index is 0.0158. The number of carbonyl (C=O) groups excluding carboxylic acids is 1. The molecule has 2 atom stereocenters. The molecular formula is C33H42N6O3.